The molecule has 1 N–H and O–H groups in total. The Labute approximate surface area is 153 Å². The minimum absolute atomic E-state index is 0.101. The summed E-state index contributed by atoms with van der Waals surface area (Å²) in [5, 5.41) is 3.81. The van der Waals surface area contributed by atoms with Crippen molar-refractivity contribution >= 4 is 44.3 Å². The van der Waals surface area contributed by atoms with Crippen molar-refractivity contribution in [3.63, 3.8) is 0 Å². The van der Waals surface area contributed by atoms with Crippen LogP contribution in [-0.4, -0.2) is 35.8 Å². The molecule has 3 aromatic rings. The Balaban J connectivity index is 1.84. The first-order valence-electron chi connectivity index (χ1n) is 7.63. The molecule has 0 spiro atoms. The monoisotopic (exact) mass is 397 g/mol. The van der Waals surface area contributed by atoms with Crippen LogP contribution < -0.4 is 5.32 Å². The number of halogens is 1. The smallest absolute Gasteiger partial charge is 0.255 e. The number of carbonyl (C=O) groups excluding carboxylic acids is 2. The summed E-state index contributed by atoms with van der Waals surface area (Å²) in [5.41, 5.74) is 2.38. The van der Waals surface area contributed by atoms with Gasteiger partial charge in [-0.05, 0) is 52.3 Å². The molecule has 126 valence electrons. The number of amides is 2. The molecule has 0 saturated heterocycles. The Hall–Kier alpha value is -2.73. The standard InChI is InChI=1S/C19H16BrN3O2/c1-23(2)19(25)13-8-6-12(7-9-13)18(24)22-16-5-3-4-14-10-15(20)11-21-17(14)16/h3-11H,1-2H3,(H,22,24). The average Bonchev–Trinajstić information content (AvgIpc) is 2.61. The van der Waals surface area contributed by atoms with E-state index in [1.54, 1.807) is 44.6 Å². The van der Waals surface area contributed by atoms with Crippen LogP contribution in [0.2, 0.25) is 0 Å². The maximum Gasteiger partial charge on any atom is 0.255 e. The van der Waals surface area contributed by atoms with Crippen LogP contribution in [0.1, 0.15) is 20.7 Å². The van der Waals surface area contributed by atoms with E-state index in [0.29, 0.717) is 16.8 Å². The van der Waals surface area contributed by atoms with E-state index in [4.69, 9.17) is 0 Å². The summed E-state index contributed by atoms with van der Waals surface area (Å²) in [6.45, 7) is 0. The number of benzene rings is 2. The van der Waals surface area contributed by atoms with E-state index >= 15 is 0 Å². The molecule has 0 aliphatic carbocycles. The fourth-order valence-electron chi connectivity index (χ4n) is 2.45. The average molecular weight is 398 g/mol. The number of carbonyl (C=O) groups is 2. The maximum absolute atomic E-state index is 12.5. The molecular weight excluding hydrogens is 382 g/mol. The van der Waals surface area contributed by atoms with Gasteiger partial charge in [0.15, 0.2) is 0 Å². The van der Waals surface area contributed by atoms with Crippen LogP contribution in [0.3, 0.4) is 0 Å². The third kappa shape index (κ3) is 3.69. The second kappa shape index (κ2) is 7.03. The van der Waals surface area contributed by atoms with Gasteiger partial charge in [-0.3, -0.25) is 14.6 Å². The number of anilines is 1. The summed E-state index contributed by atoms with van der Waals surface area (Å²) in [4.78, 5) is 30.3. The molecule has 0 fully saturated rings. The minimum atomic E-state index is -0.249. The number of pyridine rings is 1. The lowest BCUT2D eigenvalue weighted by molar-refractivity contribution is 0.0827. The molecule has 0 aliphatic heterocycles. The number of fused-ring (bicyclic) bond motifs is 1. The highest BCUT2D eigenvalue weighted by Gasteiger charge is 2.12. The van der Waals surface area contributed by atoms with E-state index in [0.717, 1.165) is 15.4 Å². The number of hydrogen-bond acceptors (Lipinski definition) is 3. The normalized spacial score (nSPS) is 10.5. The van der Waals surface area contributed by atoms with E-state index in [2.05, 4.69) is 26.2 Å². The first kappa shape index (κ1) is 17.1. The highest BCUT2D eigenvalue weighted by atomic mass is 79.9. The first-order chi connectivity index (χ1) is 12.0. The number of para-hydroxylation sites is 1. The van der Waals surface area contributed by atoms with Crippen LogP contribution in [0.5, 0.6) is 0 Å². The van der Waals surface area contributed by atoms with Crippen molar-refractivity contribution in [2.24, 2.45) is 0 Å². The molecule has 5 nitrogen and oxygen atoms in total. The van der Waals surface area contributed by atoms with Crippen molar-refractivity contribution < 1.29 is 9.59 Å². The Morgan fingerprint density at radius 2 is 1.72 bits per heavy atom. The van der Waals surface area contributed by atoms with Gasteiger partial charge in [-0.15, -0.1) is 0 Å². The van der Waals surface area contributed by atoms with Gasteiger partial charge in [0.25, 0.3) is 11.8 Å². The van der Waals surface area contributed by atoms with Crippen LogP contribution in [0.15, 0.2) is 59.2 Å². The van der Waals surface area contributed by atoms with E-state index < -0.39 is 0 Å². The van der Waals surface area contributed by atoms with Gasteiger partial charge in [0.1, 0.15) is 0 Å². The van der Waals surface area contributed by atoms with Gasteiger partial charge in [-0.25, -0.2) is 0 Å². The number of rotatable bonds is 3. The van der Waals surface area contributed by atoms with Crippen LogP contribution in [0, 0.1) is 0 Å². The SMILES string of the molecule is CN(C)C(=O)c1ccc(C(=O)Nc2cccc3cc(Br)cnc23)cc1. The number of nitrogens with one attached hydrogen (secondary N) is 1. The first-order valence-corrected chi connectivity index (χ1v) is 8.42. The Morgan fingerprint density at radius 1 is 1.04 bits per heavy atom. The van der Waals surface area contributed by atoms with Gasteiger partial charge in [-0.2, -0.15) is 0 Å². The van der Waals surface area contributed by atoms with E-state index in [1.807, 2.05) is 24.3 Å². The lowest BCUT2D eigenvalue weighted by atomic mass is 10.1. The van der Waals surface area contributed by atoms with Crippen LogP contribution in [0.4, 0.5) is 5.69 Å². The van der Waals surface area contributed by atoms with E-state index in [9.17, 15) is 9.59 Å². The molecule has 0 atom stereocenters. The van der Waals surface area contributed by atoms with Gasteiger partial charge >= 0.3 is 0 Å². The van der Waals surface area contributed by atoms with Crippen LogP contribution in [0.25, 0.3) is 10.9 Å². The molecule has 2 aromatic carbocycles. The van der Waals surface area contributed by atoms with Crippen molar-refractivity contribution in [3.8, 4) is 0 Å². The second-order valence-corrected chi connectivity index (χ2v) is 6.68. The molecule has 0 aliphatic rings. The Kier molecular flexibility index (Phi) is 4.81. The van der Waals surface area contributed by atoms with Crippen LogP contribution >= 0.6 is 15.9 Å². The molecule has 25 heavy (non-hydrogen) atoms. The lowest BCUT2D eigenvalue weighted by Gasteiger charge is -2.11. The summed E-state index contributed by atoms with van der Waals surface area (Å²) < 4.78 is 0.879. The minimum Gasteiger partial charge on any atom is -0.345 e. The van der Waals surface area contributed by atoms with Gasteiger partial charge < -0.3 is 10.2 Å². The topological polar surface area (TPSA) is 62.3 Å². The summed E-state index contributed by atoms with van der Waals surface area (Å²) in [6.07, 6.45) is 1.69. The van der Waals surface area contributed by atoms with Crippen molar-refractivity contribution in [2.75, 3.05) is 19.4 Å². The van der Waals surface area contributed by atoms with Crippen molar-refractivity contribution in [2.45, 2.75) is 0 Å². The molecular formula is C19H16BrN3O2. The molecule has 6 heteroatoms. The van der Waals surface area contributed by atoms with Gasteiger partial charge in [-0.1, -0.05) is 12.1 Å². The summed E-state index contributed by atoms with van der Waals surface area (Å²) in [5.74, 6) is -0.350. The number of aromatic nitrogens is 1. The Morgan fingerprint density at radius 3 is 2.40 bits per heavy atom. The fraction of sp³-hybridized carbons (Fsp3) is 0.105. The number of nitrogens with zero attached hydrogens (tertiary/aromatic N) is 2. The summed E-state index contributed by atoms with van der Waals surface area (Å²) in [7, 11) is 3.38. The third-order valence-electron chi connectivity index (χ3n) is 3.73. The van der Waals surface area contributed by atoms with Gasteiger partial charge in [0, 0.05) is 41.3 Å². The zero-order valence-electron chi connectivity index (χ0n) is 13.8. The van der Waals surface area contributed by atoms with E-state index in [-0.39, 0.29) is 11.8 Å². The maximum atomic E-state index is 12.5. The summed E-state index contributed by atoms with van der Waals surface area (Å²) in [6, 6.07) is 14.1. The molecule has 0 bridgehead atoms. The third-order valence-corrected chi connectivity index (χ3v) is 4.16. The van der Waals surface area contributed by atoms with Gasteiger partial charge in [0.2, 0.25) is 0 Å². The highest BCUT2D eigenvalue weighted by molar-refractivity contribution is 9.10. The molecule has 1 heterocycles. The molecule has 1 aromatic heterocycles. The lowest BCUT2D eigenvalue weighted by Crippen LogP contribution is -2.21. The van der Waals surface area contributed by atoms with Crippen LogP contribution in [-0.2, 0) is 0 Å². The fourth-order valence-corrected chi connectivity index (χ4v) is 2.80. The zero-order chi connectivity index (χ0) is 18.0. The second-order valence-electron chi connectivity index (χ2n) is 5.76. The number of hydrogen-bond donors (Lipinski definition) is 1. The largest absolute Gasteiger partial charge is 0.345 e. The van der Waals surface area contributed by atoms with Crippen molar-refractivity contribution in [3.05, 3.63) is 70.3 Å². The molecule has 0 unspecified atom stereocenters. The highest BCUT2D eigenvalue weighted by Crippen LogP contribution is 2.24. The molecule has 0 radical (unpaired) electrons. The quantitative estimate of drug-likeness (QED) is 0.727. The Bertz CT molecular complexity index is 953. The summed E-state index contributed by atoms with van der Waals surface area (Å²) >= 11 is 3.39. The van der Waals surface area contributed by atoms with E-state index in [1.165, 1.54) is 4.90 Å². The van der Waals surface area contributed by atoms with Crippen molar-refractivity contribution in [1.82, 2.24) is 9.88 Å². The molecule has 2 amide bonds. The van der Waals surface area contributed by atoms with Crippen molar-refractivity contribution in [1.29, 1.82) is 0 Å². The molecule has 0 saturated carbocycles. The predicted molar refractivity (Wildman–Crippen MR) is 102 cm³/mol. The molecule has 3 rings (SSSR count). The zero-order valence-corrected chi connectivity index (χ0v) is 15.4. The van der Waals surface area contributed by atoms with Gasteiger partial charge in [0.05, 0.1) is 11.2 Å². The predicted octanol–water partition coefficient (Wildman–Crippen LogP) is 3.95.